The Hall–Kier alpha value is -2.58. The fourth-order valence-corrected chi connectivity index (χ4v) is 8.01. The van der Waals surface area contributed by atoms with Crippen LogP contribution in [-0.4, -0.2) is 68.5 Å². The van der Waals surface area contributed by atoms with Crippen molar-refractivity contribution in [2.75, 3.05) is 40.9 Å². The molecule has 2 N–H and O–H groups in total. The highest BCUT2D eigenvalue weighted by molar-refractivity contribution is 7.45. The Morgan fingerprint density at radius 3 is 1.39 bits per heavy atom. The van der Waals surface area contributed by atoms with Crippen LogP contribution in [0, 0.1) is 0 Å². The molecule has 0 aromatic carbocycles. The molecule has 386 valence electrons. The van der Waals surface area contributed by atoms with Gasteiger partial charge >= 0.3 is 0 Å². The van der Waals surface area contributed by atoms with Gasteiger partial charge in [-0.1, -0.05) is 220 Å². The number of carbonyl (C=O) groups excluding carboxylic acids is 1. The van der Waals surface area contributed by atoms with E-state index in [1.807, 2.05) is 27.2 Å². The summed E-state index contributed by atoms with van der Waals surface area (Å²) < 4.78 is 23.3. The van der Waals surface area contributed by atoms with E-state index in [4.69, 9.17) is 9.05 Å². The number of hydrogen-bond acceptors (Lipinski definition) is 6. The van der Waals surface area contributed by atoms with Crippen LogP contribution in [0.25, 0.3) is 0 Å². The molecule has 1 amide bonds. The van der Waals surface area contributed by atoms with Gasteiger partial charge in [-0.15, -0.1) is 0 Å². The fraction of sp³-hybridized carbons (Fsp3) is 0.707. The number of unbranched alkanes of at least 4 members (excludes halogenated alkanes) is 21. The zero-order chi connectivity index (χ0) is 49.2. The molecule has 0 aliphatic carbocycles. The van der Waals surface area contributed by atoms with Crippen LogP contribution in [0.5, 0.6) is 0 Å². The molecule has 0 saturated heterocycles. The number of allylic oxidation sites excluding steroid dienone is 15. The molecule has 0 heterocycles. The smallest absolute Gasteiger partial charge is 0.268 e. The molecule has 0 aliphatic rings. The molecule has 0 radical (unpaired) electrons. The normalized spacial score (nSPS) is 14.8. The molecule has 0 fully saturated rings. The van der Waals surface area contributed by atoms with Crippen LogP contribution in [0.2, 0.25) is 0 Å². The molecule has 3 unspecified atom stereocenters. The lowest BCUT2D eigenvalue weighted by atomic mass is 10.0. The number of aliphatic hydroxyl groups excluding tert-OH is 1. The first-order valence-corrected chi connectivity index (χ1v) is 28.6. The minimum Gasteiger partial charge on any atom is -0.756 e. The van der Waals surface area contributed by atoms with Crippen LogP contribution in [0.1, 0.15) is 213 Å². The van der Waals surface area contributed by atoms with Crippen LogP contribution in [0.3, 0.4) is 0 Å². The molecule has 9 heteroatoms. The molecule has 0 bridgehead atoms. The molecule has 0 aromatic heterocycles. The number of hydrogen-bond donors (Lipinski definition) is 2. The number of quaternary nitrogens is 1. The van der Waals surface area contributed by atoms with E-state index in [9.17, 15) is 19.4 Å². The Kier molecular flexibility index (Phi) is 46.6. The van der Waals surface area contributed by atoms with Crippen molar-refractivity contribution >= 4 is 13.7 Å². The fourth-order valence-electron chi connectivity index (χ4n) is 7.29. The lowest BCUT2D eigenvalue weighted by Crippen LogP contribution is -2.45. The van der Waals surface area contributed by atoms with E-state index in [-0.39, 0.29) is 12.5 Å². The molecular formula is C58H103N2O6P. The minimum atomic E-state index is -4.62. The minimum absolute atomic E-state index is 0.0170. The van der Waals surface area contributed by atoms with Crippen molar-refractivity contribution in [2.45, 2.75) is 225 Å². The topological polar surface area (TPSA) is 108 Å². The Morgan fingerprint density at radius 2 is 0.925 bits per heavy atom. The molecular weight excluding hydrogens is 852 g/mol. The predicted octanol–water partition coefficient (Wildman–Crippen LogP) is 15.6. The third-order valence-corrected chi connectivity index (χ3v) is 12.5. The van der Waals surface area contributed by atoms with Gasteiger partial charge in [-0.3, -0.25) is 9.36 Å². The van der Waals surface area contributed by atoms with E-state index >= 15 is 0 Å². The van der Waals surface area contributed by atoms with Crippen LogP contribution in [0.15, 0.2) is 97.2 Å². The predicted molar refractivity (Wildman–Crippen MR) is 288 cm³/mol. The zero-order valence-corrected chi connectivity index (χ0v) is 44.7. The molecule has 3 atom stereocenters. The van der Waals surface area contributed by atoms with Gasteiger partial charge in [-0.25, -0.2) is 0 Å². The highest BCUT2D eigenvalue weighted by atomic mass is 31.2. The van der Waals surface area contributed by atoms with E-state index in [2.05, 4.69) is 104 Å². The molecule has 0 rings (SSSR count). The summed E-state index contributed by atoms with van der Waals surface area (Å²) in [6, 6.07) is -0.924. The van der Waals surface area contributed by atoms with Gasteiger partial charge in [0.2, 0.25) is 5.91 Å². The van der Waals surface area contributed by atoms with Crippen LogP contribution >= 0.6 is 7.82 Å². The summed E-state index contributed by atoms with van der Waals surface area (Å²) in [6.45, 7) is 4.49. The lowest BCUT2D eigenvalue weighted by Gasteiger charge is -2.29. The van der Waals surface area contributed by atoms with Crippen LogP contribution in [-0.2, 0) is 18.4 Å². The third-order valence-electron chi connectivity index (χ3n) is 11.5. The van der Waals surface area contributed by atoms with Gasteiger partial charge < -0.3 is 28.8 Å². The Morgan fingerprint density at radius 1 is 0.537 bits per heavy atom. The Balaban J connectivity index is 4.41. The Bertz CT molecular complexity index is 1410. The van der Waals surface area contributed by atoms with E-state index in [1.54, 1.807) is 6.08 Å². The number of phosphoric acid groups is 1. The maximum atomic E-state index is 12.9. The maximum absolute atomic E-state index is 12.9. The van der Waals surface area contributed by atoms with E-state index in [1.165, 1.54) is 103 Å². The van der Waals surface area contributed by atoms with Crippen LogP contribution in [0.4, 0.5) is 0 Å². The second-order valence-corrected chi connectivity index (χ2v) is 20.6. The number of phosphoric ester groups is 1. The number of rotatable bonds is 48. The highest BCUT2D eigenvalue weighted by Crippen LogP contribution is 2.38. The lowest BCUT2D eigenvalue weighted by molar-refractivity contribution is -0.870. The summed E-state index contributed by atoms with van der Waals surface area (Å²) in [4.78, 5) is 25.4. The standard InChI is InChI=1S/C58H103N2O6P/c1-6-8-10-12-14-16-18-20-22-24-26-28-30-32-34-36-38-40-42-44-46-48-50-52-58(62)59-56(55-66-67(63,64)65-54-53-60(3,4)5)57(61)51-49-47-45-43-41-39-37-35-33-31-29-27-25-23-21-19-17-15-13-11-9-7-2/h8,10,14,16,20,22,26,28,32,34,38,40-41,43,49,51,56-57,61H,6-7,9,11-13,15,17-19,21,23-25,27,29-31,33,35-37,39,42,44-48,50,52-55H2,1-5H3,(H-,59,62,63,64)/b10-8-,16-14-,22-20-,28-26-,34-32-,40-38-,43-41+,51-49+. The average molecular weight is 955 g/mol. The second kappa shape index (κ2) is 48.4. The number of nitrogens with zero attached hydrogens (tertiary/aromatic N) is 1. The SMILES string of the molecule is CC/C=C\C/C=C\C/C=C\C/C=C\C/C=C\C/C=C\CCCCCCC(=O)NC(COP(=O)([O-])OCC[N+](C)(C)C)C(O)/C=C/CC/C=C/CCCCCCCCCCCCCCCCCC. The van der Waals surface area contributed by atoms with Gasteiger partial charge in [-0.2, -0.15) is 0 Å². The summed E-state index contributed by atoms with van der Waals surface area (Å²) in [5.74, 6) is -0.235. The maximum Gasteiger partial charge on any atom is 0.268 e. The van der Waals surface area contributed by atoms with Crippen molar-refractivity contribution < 1.29 is 32.9 Å². The van der Waals surface area contributed by atoms with E-state index < -0.39 is 26.6 Å². The summed E-state index contributed by atoms with van der Waals surface area (Å²) in [5.41, 5.74) is 0. The monoisotopic (exact) mass is 955 g/mol. The largest absolute Gasteiger partial charge is 0.756 e. The third kappa shape index (κ3) is 51.1. The van der Waals surface area contributed by atoms with Crippen molar-refractivity contribution in [3.8, 4) is 0 Å². The molecule has 8 nitrogen and oxygen atoms in total. The first-order valence-electron chi connectivity index (χ1n) is 27.1. The number of carbonyl (C=O) groups is 1. The van der Waals surface area contributed by atoms with Crippen molar-refractivity contribution in [1.29, 1.82) is 0 Å². The van der Waals surface area contributed by atoms with Crippen molar-refractivity contribution in [3.05, 3.63) is 97.2 Å². The molecule has 0 aromatic rings. The quantitative estimate of drug-likeness (QED) is 0.0272. The summed E-state index contributed by atoms with van der Waals surface area (Å²) in [5, 5.41) is 13.8. The van der Waals surface area contributed by atoms with Gasteiger partial charge in [0, 0.05) is 6.42 Å². The van der Waals surface area contributed by atoms with E-state index in [0.717, 1.165) is 89.9 Å². The van der Waals surface area contributed by atoms with Gasteiger partial charge in [-0.05, 0) is 83.5 Å². The van der Waals surface area contributed by atoms with Crippen molar-refractivity contribution in [2.24, 2.45) is 0 Å². The molecule has 0 saturated carbocycles. The van der Waals surface area contributed by atoms with Gasteiger partial charge in [0.25, 0.3) is 7.82 Å². The number of amides is 1. The summed E-state index contributed by atoms with van der Waals surface area (Å²) >= 11 is 0. The first kappa shape index (κ1) is 64.4. The number of likely N-dealkylation sites (N-methyl/N-ethyl adjacent to an activating group) is 1. The summed E-state index contributed by atoms with van der Waals surface area (Å²) in [6.07, 6.45) is 69.0. The van der Waals surface area contributed by atoms with Gasteiger partial charge in [0.05, 0.1) is 39.9 Å². The van der Waals surface area contributed by atoms with Crippen molar-refractivity contribution in [3.63, 3.8) is 0 Å². The van der Waals surface area contributed by atoms with Gasteiger partial charge in [0.1, 0.15) is 13.2 Å². The van der Waals surface area contributed by atoms with Crippen LogP contribution < -0.4 is 10.2 Å². The van der Waals surface area contributed by atoms with Gasteiger partial charge in [0.15, 0.2) is 0 Å². The number of aliphatic hydroxyl groups is 1. The Labute approximate surface area is 413 Å². The number of nitrogens with one attached hydrogen (secondary N) is 1. The highest BCUT2D eigenvalue weighted by Gasteiger charge is 2.23. The first-order chi connectivity index (χ1) is 32.5. The molecule has 0 spiro atoms. The zero-order valence-electron chi connectivity index (χ0n) is 43.8. The molecule has 67 heavy (non-hydrogen) atoms. The van der Waals surface area contributed by atoms with E-state index in [0.29, 0.717) is 17.4 Å². The molecule has 0 aliphatic heterocycles. The average Bonchev–Trinajstić information content (AvgIpc) is 3.29. The van der Waals surface area contributed by atoms with Crippen molar-refractivity contribution in [1.82, 2.24) is 5.32 Å². The summed E-state index contributed by atoms with van der Waals surface area (Å²) in [7, 11) is 1.21. The second-order valence-electron chi connectivity index (χ2n) is 19.2.